The van der Waals surface area contributed by atoms with E-state index in [1.165, 1.54) is 31.2 Å². The zero-order valence-electron chi connectivity index (χ0n) is 9.58. The topological polar surface area (TPSA) is 121 Å². The molecule has 0 heterocycles. The monoisotopic (exact) mass is 275 g/mol. The van der Waals surface area contributed by atoms with E-state index in [-0.39, 0.29) is 0 Å². The fourth-order valence-electron chi connectivity index (χ4n) is 0.788. The second kappa shape index (κ2) is 7.65. The molecule has 0 aliphatic rings. The van der Waals surface area contributed by atoms with Crippen LogP contribution in [0.1, 0.15) is 18.6 Å². The number of hydrogen-bond donors (Lipinski definition) is 4. The molecule has 1 unspecified atom stereocenters. The van der Waals surface area contributed by atoms with Gasteiger partial charge in [-0.2, -0.15) is 0 Å². The highest BCUT2D eigenvalue weighted by Crippen LogP contribution is 2.16. The minimum atomic E-state index is -1.47. The number of carboxylic acids is 2. The molecular formula is C11H14ClNO5. The summed E-state index contributed by atoms with van der Waals surface area (Å²) < 4.78 is 0. The molecule has 0 aliphatic carbocycles. The molecule has 1 aromatic rings. The van der Waals surface area contributed by atoms with Gasteiger partial charge in [0.15, 0.2) is 6.10 Å². The fraction of sp³-hybridized carbons (Fsp3) is 0.273. The minimum Gasteiger partial charge on any atom is -0.480 e. The molecule has 1 aromatic carbocycles. The lowest BCUT2D eigenvalue weighted by Crippen LogP contribution is -2.25. The van der Waals surface area contributed by atoms with E-state index in [0.29, 0.717) is 10.6 Å². The molecule has 18 heavy (non-hydrogen) atoms. The zero-order chi connectivity index (χ0) is 14.3. The lowest BCUT2D eigenvalue weighted by molar-refractivity contribution is -0.147. The van der Waals surface area contributed by atoms with Crippen molar-refractivity contribution in [3.8, 4) is 0 Å². The number of aliphatic hydroxyl groups excluding tert-OH is 1. The van der Waals surface area contributed by atoms with Crippen molar-refractivity contribution in [2.24, 2.45) is 5.73 Å². The first-order chi connectivity index (χ1) is 8.25. The Morgan fingerprint density at radius 3 is 1.83 bits per heavy atom. The summed E-state index contributed by atoms with van der Waals surface area (Å²) in [6, 6.07) is 5.28. The summed E-state index contributed by atoms with van der Waals surface area (Å²) in [7, 11) is 0. The maximum absolute atomic E-state index is 10.3. The lowest BCUT2D eigenvalue weighted by atomic mass is 10.1. The van der Waals surface area contributed by atoms with Gasteiger partial charge in [-0.15, -0.1) is 0 Å². The van der Waals surface area contributed by atoms with E-state index in [2.05, 4.69) is 0 Å². The normalized spacial score (nSPS) is 12.9. The first kappa shape index (κ1) is 16.4. The first-order valence-electron chi connectivity index (χ1n) is 4.90. The third kappa shape index (κ3) is 6.19. The third-order valence-electron chi connectivity index (χ3n) is 1.81. The van der Waals surface area contributed by atoms with Crippen LogP contribution in [0.5, 0.6) is 0 Å². The van der Waals surface area contributed by atoms with Crippen molar-refractivity contribution in [1.29, 1.82) is 0 Å². The van der Waals surface area contributed by atoms with Crippen LogP contribution in [-0.2, 0) is 9.59 Å². The highest BCUT2D eigenvalue weighted by Gasteiger charge is 2.14. The molecule has 2 atom stereocenters. The molecule has 0 fully saturated rings. The van der Waals surface area contributed by atoms with Gasteiger partial charge in [0.1, 0.15) is 6.04 Å². The average Bonchev–Trinajstić information content (AvgIpc) is 2.29. The molecule has 0 aliphatic heterocycles. The number of hydrogen-bond acceptors (Lipinski definition) is 4. The zero-order valence-corrected chi connectivity index (χ0v) is 10.3. The number of rotatable bonds is 3. The molecule has 0 saturated heterocycles. The highest BCUT2D eigenvalue weighted by molar-refractivity contribution is 6.30. The Morgan fingerprint density at radius 1 is 1.17 bits per heavy atom. The fourth-order valence-corrected chi connectivity index (χ4v) is 0.914. The van der Waals surface area contributed by atoms with Gasteiger partial charge in [-0.25, -0.2) is 4.79 Å². The van der Waals surface area contributed by atoms with Gasteiger partial charge >= 0.3 is 11.9 Å². The predicted molar refractivity (Wildman–Crippen MR) is 65.3 cm³/mol. The highest BCUT2D eigenvalue weighted by atomic mass is 35.5. The van der Waals surface area contributed by atoms with Gasteiger partial charge in [-0.05, 0) is 24.6 Å². The van der Waals surface area contributed by atoms with Gasteiger partial charge in [0.05, 0.1) is 0 Å². The molecule has 0 aromatic heterocycles. The maximum atomic E-state index is 10.3. The molecule has 5 N–H and O–H groups in total. The van der Waals surface area contributed by atoms with Crippen molar-refractivity contribution in [3.05, 3.63) is 34.9 Å². The van der Waals surface area contributed by atoms with E-state index in [1.807, 2.05) is 0 Å². The number of carboxylic acid groups (broad SMARTS) is 2. The van der Waals surface area contributed by atoms with Crippen molar-refractivity contribution >= 4 is 23.5 Å². The van der Waals surface area contributed by atoms with Gasteiger partial charge in [0.25, 0.3) is 0 Å². The minimum absolute atomic E-state index is 0.326. The summed E-state index contributed by atoms with van der Waals surface area (Å²) in [6.07, 6.45) is -1.47. The Kier molecular flexibility index (Phi) is 6.96. The summed E-state index contributed by atoms with van der Waals surface area (Å²) in [4.78, 5) is 19.9. The number of nitrogens with two attached hydrogens (primary N) is 1. The molecule has 0 spiro atoms. The largest absolute Gasteiger partial charge is 0.480 e. The van der Waals surface area contributed by atoms with Gasteiger partial charge < -0.3 is 21.1 Å². The van der Waals surface area contributed by atoms with Crippen LogP contribution in [-0.4, -0.2) is 33.3 Å². The predicted octanol–water partition coefficient (Wildman–Crippen LogP) is 0.876. The summed E-state index contributed by atoms with van der Waals surface area (Å²) >= 11 is 5.57. The molecule has 0 bridgehead atoms. The Morgan fingerprint density at radius 2 is 1.56 bits per heavy atom. The first-order valence-corrected chi connectivity index (χ1v) is 5.28. The second-order valence-electron chi connectivity index (χ2n) is 3.42. The van der Waals surface area contributed by atoms with Crippen LogP contribution in [0.25, 0.3) is 0 Å². The van der Waals surface area contributed by atoms with E-state index in [1.54, 1.807) is 0 Å². The van der Waals surface area contributed by atoms with Crippen LogP contribution in [0.2, 0.25) is 5.02 Å². The smallest absolute Gasteiger partial charge is 0.337 e. The van der Waals surface area contributed by atoms with Crippen molar-refractivity contribution in [1.82, 2.24) is 0 Å². The third-order valence-corrected chi connectivity index (χ3v) is 2.06. The van der Waals surface area contributed by atoms with E-state index in [4.69, 9.17) is 32.7 Å². The quantitative estimate of drug-likeness (QED) is 0.650. The van der Waals surface area contributed by atoms with Crippen LogP contribution in [0.3, 0.4) is 0 Å². The number of benzene rings is 1. The number of halogens is 1. The standard InChI is InChI=1S/C8H7ClO3.C3H7NO2/c9-6-3-1-5(2-4-6)7(10)8(11)12;1-2(4)3(5)6/h1-4,7,10H,(H,11,12);2H,4H2,1H3,(H,5,6)/t;2-/m.0/s1. The maximum Gasteiger partial charge on any atom is 0.337 e. The Labute approximate surface area is 109 Å². The van der Waals surface area contributed by atoms with Gasteiger partial charge in [-0.1, -0.05) is 23.7 Å². The van der Waals surface area contributed by atoms with Crippen LogP contribution in [0.4, 0.5) is 0 Å². The number of carbonyl (C=O) groups is 2. The van der Waals surface area contributed by atoms with Gasteiger partial charge in [0, 0.05) is 5.02 Å². The summed E-state index contributed by atoms with van der Waals surface area (Å²) in [5.41, 5.74) is 5.16. The molecule has 100 valence electrons. The van der Waals surface area contributed by atoms with Crippen molar-refractivity contribution in [2.45, 2.75) is 19.1 Å². The lowest BCUT2D eigenvalue weighted by Gasteiger charge is -2.04. The van der Waals surface area contributed by atoms with E-state index >= 15 is 0 Å². The molecule has 7 heteroatoms. The molecule has 0 amide bonds. The van der Waals surface area contributed by atoms with E-state index in [0.717, 1.165) is 0 Å². The molecule has 0 radical (unpaired) electrons. The van der Waals surface area contributed by atoms with Crippen molar-refractivity contribution in [3.63, 3.8) is 0 Å². The summed E-state index contributed by atoms with van der Waals surface area (Å²) in [5, 5.41) is 25.8. The SMILES string of the molecule is C[C@H](N)C(=O)O.O=C(O)C(O)c1ccc(Cl)cc1. The molecule has 6 nitrogen and oxygen atoms in total. The van der Waals surface area contributed by atoms with Crippen LogP contribution in [0.15, 0.2) is 24.3 Å². The number of aliphatic carboxylic acids is 2. The molecule has 0 saturated carbocycles. The van der Waals surface area contributed by atoms with Crippen LogP contribution >= 0.6 is 11.6 Å². The average molecular weight is 276 g/mol. The summed E-state index contributed by atoms with van der Waals surface area (Å²) in [6.45, 7) is 1.42. The number of aliphatic hydroxyl groups is 1. The Hall–Kier alpha value is -1.63. The van der Waals surface area contributed by atoms with Crippen molar-refractivity contribution in [2.75, 3.05) is 0 Å². The Bertz CT molecular complexity index is 404. The van der Waals surface area contributed by atoms with Crippen LogP contribution < -0.4 is 5.73 Å². The van der Waals surface area contributed by atoms with Gasteiger partial charge in [-0.3, -0.25) is 4.79 Å². The van der Waals surface area contributed by atoms with E-state index in [9.17, 15) is 9.59 Å². The second-order valence-corrected chi connectivity index (χ2v) is 3.86. The van der Waals surface area contributed by atoms with Crippen LogP contribution in [0, 0.1) is 0 Å². The summed E-state index contributed by atoms with van der Waals surface area (Å²) in [5.74, 6) is -2.23. The Balaban J connectivity index is 0.000000411. The van der Waals surface area contributed by atoms with Crippen molar-refractivity contribution < 1.29 is 24.9 Å². The molecule has 1 rings (SSSR count). The molecular weight excluding hydrogens is 262 g/mol. The van der Waals surface area contributed by atoms with Gasteiger partial charge in [0.2, 0.25) is 0 Å². The van der Waals surface area contributed by atoms with E-state index < -0.39 is 24.1 Å².